The van der Waals surface area contributed by atoms with Gasteiger partial charge in [-0.25, -0.2) is 9.13 Å². The molecule has 0 aliphatic carbocycles. The first-order valence-corrected chi connectivity index (χ1v) is 38.8. The van der Waals surface area contributed by atoms with Gasteiger partial charge in [0.05, 0.1) is 26.4 Å². The summed E-state index contributed by atoms with van der Waals surface area (Å²) < 4.78 is 68.0. The highest BCUT2D eigenvalue weighted by Gasteiger charge is 2.30. The van der Waals surface area contributed by atoms with Crippen LogP contribution in [0.5, 0.6) is 0 Å². The zero-order valence-corrected chi connectivity index (χ0v) is 57.8. The van der Waals surface area contributed by atoms with E-state index in [1.807, 2.05) is 0 Å². The summed E-state index contributed by atoms with van der Waals surface area (Å²) in [5, 5.41) is 10.5. The molecule has 0 aliphatic rings. The topological polar surface area (TPSA) is 237 Å². The van der Waals surface area contributed by atoms with Gasteiger partial charge >= 0.3 is 39.5 Å². The van der Waals surface area contributed by atoms with Crippen molar-refractivity contribution < 1.29 is 80.2 Å². The Morgan fingerprint density at radius 3 is 0.678 bits per heavy atom. The minimum atomic E-state index is -4.95. The monoisotopic (exact) mass is 1280 g/mol. The number of esters is 4. The fourth-order valence-electron chi connectivity index (χ4n) is 10.3. The van der Waals surface area contributed by atoms with Crippen molar-refractivity contribution in [1.82, 2.24) is 0 Å². The van der Waals surface area contributed by atoms with Gasteiger partial charge in [-0.3, -0.25) is 37.3 Å². The third kappa shape index (κ3) is 62.6. The molecule has 0 rings (SSSR count). The average Bonchev–Trinajstić information content (AvgIpc) is 3.62. The first kappa shape index (κ1) is 85.1. The van der Waals surface area contributed by atoms with Crippen molar-refractivity contribution in [2.75, 3.05) is 39.6 Å². The summed E-state index contributed by atoms with van der Waals surface area (Å²) in [6.45, 7) is 4.88. The first-order valence-electron chi connectivity index (χ1n) is 35.8. The molecule has 0 aromatic heterocycles. The zero-order chi connectivity index (χ0) is 64.0. The number of rotatable bonds is 69. The fourth-order valence-corrected chi connectivity index (χ4v) is 11.9. The van der Waals surface area contributed by atoms with Crippen molar-refractivity contribution in [3.05, 3.63) is 0 Å². The maximum Gasteiger partial charge on any atom is 0.472 e. The van der Waals surface area contributed by atoms with Crippen molar-refractivity contribution in [1.29, 1.82) is 0 Å². The number of carbonyl (C=O) groups excluding carboxylic acids is 4. The van der Waals surface area contributed by atoms with E-state index in [0.29, 0.717) is 25.7 Å². The van der Waals surface area contributed by atoms with Gasteiger partial charge in [0.15, 0.2) is 12.2 Å². The smallest absolute Gasteiger partial charge is 0.462 e. The molecule has 0 saturated heterocycles. The van der Waals surface area contributed by atoms with E-state index >= 15 is 0 Å². The van der Waals surface area contributed by atoms with Crippen LogP contribution in [0, 0.1) is 0 Å². The summed E-state index contributed by atoms with van der Waals surface area (Å²) in [5.41, 5.74) is 0. The van der Waals surface area contributed by atoms with Crippen molar-refractivity contribution >= 4 is 39.5 Å². The van der Waals surface area contributed by atoms with E-state index in [1.54, 1.807) is 0 Å². The van der Waals surface area contributed by atoms with Crippen LogP contribution in [0.15, 0.2) is 0 Å². The van der Waals surface area contributed by atoms with Crippen molar-refractivity contribution in [3.8, 4) is 0 Å². The Bertz CT molecular complexity index is 1670. The molecule has 0 bridgehead atoms. The minimum absolute atomic E-state index is 0.106. The Hall–Kier alpha value is -1.94. The minimum Gasteiger partial charge on any atom is -0.462 e. The van der Waals surface area contributed by atoms with Crippen LogP contribution in [-0.2, 0) is 65.4 Å². The Balaban J connectivity index is 5.15. The molecule has 0 aliphatic heterocycles. The molecule has 0 fully saturated rings. The second-order valence-corrected chi connectivity index (χ2v) is 27.5. The molecule has 0 aromatic rings. The Morgan fingerprint density at radius 1 is 0.276 bits per heavy atom. The quantitative estimate of drug-likeness (QED) is 0.0222. The lowest BCUT2D eigenvalue weighted by atomic mass is 10.0. The molecular weight excluding hydrogens is 1150 g/mol. The number of carbonyl (C=O) groups is 4. The standard InChI is InChI=1S/C68H132O17P2/c1-5-9-13-17-21-24-27-28-29-30-31-32-33-34-36-39-43-47-51-55-68(73)85-64(59-79-66(71)53-49-45-41-38-35-25-22-18-14-10-6-2)61-83-87(76,77)81-57-62(69)56-80-86(74,75)82-60-63(58-78-65(70)52-48-44-40-20-16-12-8-4)84-67(72)54-50-46-42-37-26-23-19-15-11-7-3/h62-64,69H,5-61H2,1-4H3,(H,74,75)(H,76,77)/t62-,63+,64+/m0/s1. The first-order chi connectivity index (χ1) is 42.2. The number of aliphatic hydroxyl groups is 1. The van der Waals surface area contributed by atoms with Gasteiger partial charge in [0.1, 0.15) is 19.3 Å². The van der Waals surface area contributed by atoms with Crippen molar-refractivity contribution in [2.45, 2.75) is 373 Å². The number of phosphoric acid groups is 2. The molecule has 0 heterocycles. The summed E-state index contributed by atoms with van der Waals surface area (Å²) in [4.78, 5) is 72.2. The predicted octanol–water partition coefficient (Wildman–Crippen LogP) is 19.5. The SMILES string of the molecule is CCCCCCCCCCCCCCCCCCCCCC(=O)O[C@H](COC(=O)CCCCCCCCCCCCC)COP(=O)(O)OC[C@@H](O)COP(=O)(O)OC[C@@H](COC(=O)CCCCCCCCC)OC(=O)CCCCCCCCCCCC. The number of phosphoric ester groups is 2. The van der Waals surface area contributed by atoms with E-state index in [0.717, 1.165) is 103 Å². The van der Waals surface area contributed by atoms with Gasteiger partial charge in [-0.2, -0.15) is 0 Å². The lowest BCUT2D eigenvalue weighted by Gasteiger charge is -2.21. The molecule has 0 saturated carbocycles. The molecule has 0 spiro atoms. The zero-order valence-electron chi connectivity index (χ0n) is 56.0. The summed E-state index contributed by atoms with van der Waals surface area (Å²) in [6, 6.07) is 0. The molecule has 17 nitrogen and oxygen atoms in total. The second-order valence-electron chi connectivity index (χ2n) is 24.6. The molecule has 19 heteroatoms. The molecular formula is C68H132O17P2. The highest BCUT2D eigenvalue weighted by molar-refractivity contribution is 7.47. The molecule has 87 heavy (non-hydrogen) atoms. The number of aliphatic hydroxyl groups excluding tert-OH is 1. The number of hydrogen-bond donors (Lipinski definition) is 3. The molecule has 516 valence electrons. The van der Waals surface area contributed by atoms with Crippen LogP contribution >= 0.6 is 15.6 Å². The highest BCUT2D eigenvalue weighted by Crippen LogP contribution is 2.45. The Labute approximate surface area is 530 Å². The third-order valence-corrected chi connectivity index (χ3v) is 17.8. The lowest BCUT2D eigenvalue weighted by molar-refractivity contribution is -0.161. The van der Waals surface area contributed by atoms with Crippen LogP contribution in [-0.4, -0.2) is 96.7 Å². The van der Waals surface area contributed by atoms with Gasteiger partial charge in [-0.05, 0) is 25.7 Å². The van der Waals surface area contributed by atoms with Crippen LogP contribution in [0.25, 0.3) is 0 Å². The molecule has 5 atom stereocenters. The summed E-state index contributed by atoms with van der Waals surface area (Å²) in [7, 11) is -9.89. The number of hydrogen-bond acceptors (Lipinski definition) is 15. The Morgan fingerprint density at radius 2 is 0.460 bits per heavy atom. The molecule has 2 unspecified atom stereocenters. The second kappa shape index (κ2) is 62.8. The van der Waals surface area contributed by atoms with Crippen LogP contribution < -0.4 is 0 Å². The van der Waals surface area contributed by atoms with E-state index in [-0.39, 0.29) is 25.7 Å². The molecule has 0 aromatic carbocycles. The van der Waals surface area contributed by atoms with Gasteiger partial charge in [0, 0.05) is 25.7 Å². The van der Waals surface area contributed by atoms with E-state index in [2.05, 4.69) is 27.7 Å². The van der Waals surface area contributed by atoms with E-state index in [9.17, 15) is 43.2 Å². The fraction of sp³-hybridized carbons (Fsp3) is 0.941. The van der Waals surface area contributed by atoms with Crippen molar-refractivity contribution in [2.24, 2.45) is 0 Å². The molecule has 0 amide bonds. The highest BCUT2D eigenvalue weighted by atomic mass is 31.2. The van der Waals surface area contributed by atoms with Crippen molar-refractivity contribution in [3.63, 3.8) is 0 Å². The van der Waals surface area contributed by atoms with Crippen LogP contribution in [0.2, 0.25) is 0 Å². The van der Waals surface area contributed by atoms with Crippen LogP contribution in [0.3, 0.4) is 0 Å². The normalized spacial score (nSPS) is 14.1. The maximum absolute atomic E-state index is 13.0. The predicted molar refractivity (Wildman–Crippen MR) is 349 cm³/mol. The lowest BCUT2D eigenvalue weighted by Crippen LogP contribution is -2.30. The number of ether oxygens (including phenoxy) is 4. The number of unbranched alkanes of at least 4 members (excludes halogenated alkanes) is 43. The van der Waals surface area contributed by atoms with E-state index in [1.165, 1.54) is 173 Å². The average molecular weight is 1280 g/mol. The van der Waals surface area contributed by atoms with Crippen LogP contribution in [0.4, 0.5) is 0 Å². The van der Waals surface area contributed by atoms with E-state index in [4.69, 9.17) is 37.0 Å². The van der Waals surface area contributed by atoms with Gasteiger partial charge in [-0.15, -0.1) is 0 Å². The molecule has 3 N–H and O–H groups in total. The molecule has 0 radical (unpaired) electrons. The van der Waals surface area contributed by atoms with Crippen LogP contribution in [0.1, 0.15) is 355 Å². The van der Waals surface area contributed by atoms with Gasteiger partial charge in [0.2, 0.25) is 0 Å². The third-order valence-electron chi connectivity index (χ3n) is 15.9. The van der Waals surface area contributed by atoms with Gasteiger partial charge in [-0.1, -0.05) is 304 Å². The largest absolute Gasteiger partial charge is 0.472 e. The summed E-state index contributed by atoms with van der Waals surface area (Å²) in [6.07, 6.45) is 50.1. The van der Waals surface area contributed by atoms with Gasteiger partial charge in [0.25, 0.3) is 0 Å². The Kier molecular flexibility index (Phi) is 61.4. The summed E-state index contributed by atoms with van der Waals surface area (Å²) >= 11 is 0. The van der Waals surface area contributed by atoms with Gasteiger partial charge < -0.3 is 33.8 Å². The maximum atomic E-state index is 13.0. The summed E-state index contributed by atoms with van der Waals surface area (Å²) in [5.74, 6) is -2.13. The van der Waals surface area contributed by atoms with E-state index < -0.39 is 97.5 Å².